The molecule has 1 aliphatic rings. The summed E-state index contributed by atoms with van der Waals surface area (Å²) in [5.74, 6) is -0.610. The minimum atomic E-state index is -0.873. The van der Waals surface area contributed by atoms with E-state index in [1.54, 1.807) is 17.2 Å². The van der Waals surface area contributed by atoms with Gasteiger partial charge in [-0.1, -0.05) is 0 Å². The maximum atomic E-state index is 13.8. The van der Waals surface area contributed by atoms with Crippen LogP contribution in [0, 0.1) is 5.82 Å². The van der Waals surface area contributed by atoms with Gasteiger partial charge < -0.3 is 25.5 Å². The van der Waals surface area contributed by atoms with E-state index in [0.717, 1.165) is 6.07 Å². The molecule has 3 heterocycles. The van der Waals surface area contributed by atoms with Gasteiger partial charge in [-0.2, -0.15) is 5.10 Å². The van der Waals surface area contributed by atoms with Crippen molar-refractivity contribution in [2.75, 3.05) is 23.9 Å². The Balaban J connectivity index is 1.67. The Morgan fingerprint density at radius 1 is 1.39 bits per heavy atom. The summed E-state index contributed by atoms with van der Waals surface area (Å²) in [5.41, 5.74) is 0.826. The summed E-state index contributed by atoms with van der Waals surface area (Å²) in [4.78, 5) is 18.8. The van der Waals surface area contributed by atoms with E-state index in [4.69, 9.17) is 11.6 Å². The molecule has 9 nitrogen and oxygen atoms in total. The molecule has 1 amide bonds. The summed E-state index contributed by atoms with van der Waals surface area (Å²) >= 11 is 5.55. The van der Waals surface area contributed by atoms with Gasteiger partial charge >= 0.3 is 0 Å². The summed E-state index contributed by atoms with van der Waals surface area (Å²) in [5, 5.41) is 36.7. The van der Waals surface area contributed by atoms with Crippen molar-refractivity contribution in [3.63, 3.8) is 0 Å². The highest BCUT2D eigenvalue weighted by Gasteiger charge is 2.35. The lowest BCUT2D eigenvalue weighted by Crippen LogP contribution is -2.33. The van der Waals surface area contributed by atoms with Crippen LogP contribution in [0.1, 0.15) is 28.4 Å². The third-order valence-electron chi connectivity index (χ3n) is 5.20. The molecule has 164 valence electrons. The maximum absolute atomic E-state index is 13.8. The maximum Gasteiger partial charge on any atom is 0.256 e. The van der Waals surface area contributed by atoms with Crippen LogP contribution in [0.4, 0.5) is 10.2 Å². The third kappa shape index (κ3) is 4.27. The number of nitrogens with one attached hydrogen (secondary N) is 1. The second-order valence-corrected chi connectivity index (χ2v) is 7.70. The van der Waals surface area contributed by atoms with Crippen molar-refractivity contribution in [3.8, 4) is 5.75 Å². The Bertz CT molecular complexity index is 1110. The van der Waals surface area contributed by atoms with Crippen molar-refractivity contribution in [3.05, 3.63) is 53.6 Å². The molecule has 11 heteroatoms. The largest absolute Gasteiger partial charge is 0.508 e. The molecule has 3 aromatic rings. The van der Waals surface area contributed by atoms with Crippen molar-refractivity contribution >= 4 is 29.0 Å². The van der Waals surface area contributed by atoms with E-state index in [2.05, 4.69) is 15.4 Å². The Morgan fingerprint density at radius 2 is 2.19 bits per heavy atom. The Morgan fingerprint density at radius 3 is 2.97 bits per heavy atom. The standard InChI is InChI=1S/C20H21ClFN5O4/c21-7-13(29)8-23-20(31)15-9-24-27-4-3-18(25-19(15)27)26-10-12(28)6-16(26)14-5-11(22)1-2-17(14)30/h1-5,9,12-13,16,28-30H,6-8,10H2,(H,23,31). The predicted molar refractivity (Wildman–Crippen MR) is 111 cm³/mol. The second-order valence-electron chi connectivity index (χ2n) is 7.39. The zero-order valence-electron chi connectivity index (χ0n) is 16.3. The van der Waals surface area contributed by atoms with E-state index < -0.39 is 30.0 Å². The van der Waals surface area contributed by atoms with Crippen LogP contribution in [-0.4, -0.2) is 67.0 Å². The number of hydrogen-bond acceptors (Lipinski definition) is 7. The number of fused-ring (bicyclic) bond motifs is 1. The molecule has 1 fully saturated rings. The monoisotopic (exact) mass is 449 g/mol. The Hall–Kier alpha value is -2.95. The number of hydrogen-bond donors (Lipinski definition) is 4. The van der Waals surface area contributed by atoms with Gasteiger partial charge in [0.05, 0.1) is 30.3 Å². The number of carbonyl (C=O) groups is 1. The number of amides is 1. The molecular formula is C20H21ClFN5O4. The van der Waals surface area contributed by atoms with Gasteiger partial charge in [-0.05, 0) is 30.7 Å². The van der Waals surface area contributed by atoms with Gasteiger partial charge in [0.1, 0.15) is 22.9 Å². The third-order valence-corrected chi connectivity index (χ3v) is 5.55. The fraction of sp³-hybridized carbons (Fsp3) is 0.350. The number of aromatic hydroxyl groups is 1. The summed E-state index contributed by atoms with van der Waals surface area (Å²) in [7, 11) is 0. The van der Waals surface area contributed by atoms with Crippen molar-refractivity contribution in [1.29, 1.82) is 0 Å². The fourth-order valence-corrected chi connectivity index (χ4v) is 3.80. The first kappa shape index (κ1) is 21.3. The van der Waals surface area contributed by atoms with Crippen LogP contribution in [0.5, 0.6) is 5.75 Å². The number of aliphatic hydroxyl groups excluding tert-OH is 2. The van der Waals surface area contributed by atoms with Crippen molar-refractivity contribution in [1.82, 2.24) is 19.9 Å². The zero-order valence-corrected chi connectivity index (χ0v) is 17.1. The molecule has 1 aliphatic heterocycles. The van der Waals surface area contributed by atoms with E-state index in [0.29, 0.717) is 11.4 Å². The van der Waals surface area contributed by atoms with Crippen LogP contribution in [0.2, 0.25) is 0 Å². The highest BCUT2D eigenvalue weighted by atomic mass is 35.5. The predicted octanol–water partition coefficient (Wildman–Crippen LogP) is 1.22. The van der Waals surface area contributed by atoms with Crippen LogP contribution in [0.25, 0.3) is 5.65 Å². The molecular weight excluding hydrogens is 429 g/mol. The van der Waals surface area contributed by atoms with Gasteiger partial charge in [0, 0.05) is 24.8 Å². The van der Waals surface area contributed by atoms with Gasteiger partial charge in [0.25, 0.3) is 5.91 Å². The minimum Gasteiger partial charge on any atom is -0.508 e. The highest BCUT2D eigenvalue weighted by Crippen LogP contribution is 2.39. The lowest BCUT2D eigenvalue weighted by atomic mass is 10.0. The number of β-amino-alcohol motifs (C(OH)–C–C–N with tert-alkyl or cyclic N) is 1. The van der Waals surface area contributed by atoms with Gasteiger partial charge in [-0.15, -0.1) is 11.6 Å². The van der Waals surface area contributed by atoms with Crippen molar-refractivity contribution in [2.45, 2.75) is 24.7 Å². The second kappa shape index (κ2) is 8.66. The number of carbonyl (C=O) groups excluding carboxylic acids is 1. The molecule has 3 unspecified atom stereocenters. The Kier molecular flexibility index (Phi) is 5.94. The molecule has 0 spiro atoms. The first-order chi connectivity index (χ1) is 14.9. The van der Waals surface area contributed by atoms with Gasteiger partial charge in [0.2, 0.25) is 0 Å². The zero-order chi connectivity index (χ0) is 22.1. The molecule has 31 heavy (non-hydrogen) atoms. The minimum absolute atomic E-state index is 0.0109. The number of nitrogens with zero attached hydrogens (tertiary/aromatic N) is 4. The van der Waals surface area contributed by atoms with Gasteiger partial charge in [-0.3, -0.25) is 4.79 Å². The molecule has 0 radical (unpaired) electrons. The first-order valence-corrected chi connectivity index (χ1v) is 10.2. The number of aliphatic hydroxyl groups is 2. The van der Waals surface area contributed by atoms with Crippen molar-refractivity contribution < 1.29 is 24.5 Å². The molecule has 3 atom stereocenters. The average molecular weight is 450 g/mol. The van der Waals surface area contributed by atoms with Crippen LogP contribution >= 0.6 is 11.6 Å². The number of phenolic OH excluding ortho intramolecular Hbond substituents is 1. The average Bonchev–Trinajstić information content (AvgIpc) is 3.36. The number of alkyl halides is 1. The normalized spacial score (nSPS) is 19.7. The Labute approximate surface area is 181 Å². The summed E-state index contributed by atoms with van der Waals surface area (Å²) in [6.07, 6.45) is 1.70. The SMILES string of the molecule is O=C(NCC(O)CCl)c1cnn2ccc(N3CC(O)CC3c3cc(F)ccc3O)nc12. The lowest BCUT2D eigenvalue weighted by Gasteiger charge is -2.26. The van der Waals surface area contributed by atoms with Gasteiger partial charge in [-0.25, -0.2) is 13.9 Å². The molecule has 4 N–H and O–H groups in total. The van der Waals surface area contributed by atoms with E-state index in [1.807, 2.05) is 0 Å². The number of halogens is 2. The smallest absolute Gasteiger partial charge is 0.256 e. The van der Waals surface area contributed by atoms with Crippen LogP contribution in [0.15, 0.2) is 36.7 Å². The summed E-state index contributed by atoms with van der Waals surface area (Å²) in [6.45, 7) is 0.208. The number of phenols is 1. The number of rotatable bonds is 6. The van der Waals surface area contributed by atoms with Gasteiger partial charge in [0.15, 0.2) is 5.65 Å². The molecule has 1 aromatic carbocycles. The molecule has 2 aromatic heterocycles. The lowest BCUT2D eigenvalue weighted by molar-refractivity contribution is 0.0926. The highest BCUT2D eigenvalue weighted by molar-refractivity contribution is 6.18. The first-order valence-electron chi connectivity index (χ1n) is 9.67. The fourth-order valence-electron chi connectivity index (χ4n) is 3.69. The molecule has 1 saturated heterocycles. The molecule has 4 rings (SSSR count). The van der Waals surface area contributed by atoms with Crippen molar-refractivity contribution in [2.24, 2.45) is 0 Å². The number of aromatic nitrogens is 3. The number of benzene rings is 1. The summed E-state index contributed by atoms with van der Waals surface area (Å²) in [6, 6.07) is 4.85. The number of anilines is 1. The van der Waals surface area contributed by atoms with E-state index in [9.17, 15) is 24.5 Å². The van der Waals surface area contributed by atoms with E-state index >= 15 is 0 Å². The van der Waals surface area contributed by atoms with E-state index in [-0.39, 0.29) is 42.4 Å². The quantitative estimate of drug-likeness (QED) is 0.417. The van der Waals surface area contributed by atoms with E-state index in [1.165, 1.54) is 22.8 Å². The molecule has 0 aliphatic carbocycles. The van der Waals surface area contributed by atoms with Crippen LogP contribution in [0.3, 0.4) is 0 Å². The topological polar surface area (TPSA) is 123 Å². The van der Waals surface area contributed by atoms with Crippen LogP contribution < -0.4 is 10.2 Å². The molecule has 0 saturated carbocycles. The summed E-state index contributed by atoms with van der Waals surface area (Å²) < 4.78 is 15.2. The van der Waals surface area contributed by atoms with Crippen LogP contribution in [-0.2, 0) is 0 Å². The molecule has 0 bridgehead atoms.